The molecule has 52 valence electrons. The van der Waals surface area contributed by atoms with Gasteiger partial charge in [-0.05, 0) is 12.2 Å². The van der Waals surface area contributed by atoms with E-state index in [-0.39, 0.29) is 6.29 Å². The van der Waals surface area contributed by atoms with Gasteiger partial charge in [0.15, 0.2) is 6.29 Å². The summed E-state index contributed by atoms with van der Waals surface area (Å²) >= 11 is 4.72. The average Bonchev–Trinajstić information content (AvgIpc) is 2.15. The summed E-state index contributed by atoms with van der Waals surface area (Å²) in [5, 5.41) is 1.69. The largest absolute Gasteiger partial charge is 0.294 e. The molecule has 0 bridgehead atoms. The highest BCUT2D eigenvalue weighted by atomic mass is 32.1. The molecule has 0 aromatic heterocycles. The lowest BCUT2D eigenvalue weighted by atomic mass is 10.8. The molecule has 1 aliphatic heterocycles. The normalized spacial score (nSPS) is 26.7. The van der Waals surface area contributed by atoms with Gasteiger partial charge in [-0.25, -0.2) is 11.3 Å². The van der Waals surface area contributed by atoms with Crippen LogP contribution in [0.5, 0.6) is 0 Å². The first-order chi connectivity index (χ1) is 4.25. The van der Waals surface area contributed by atoms with Gasteiger partial charge in [-0.1, -0.05) is 0 Å². The van der Waals surface area contributed by atoms with Crippen LogP contribution in [0.2, 0.25) is 0 Å². The second-order valence-corrected chi connectivity index (χ2v) is 1.94. The van der Waals surface area contributed by atoms with Crippen molar-refractivity contribution >= 4 is 17.3 Å². The monoisotopic (exact) mass is 148 g/mol. The predicted molar refractivity (Wildman–Crippen MR) is 36.0 cm³/mol. The van der Waals surface area contributed by atoms with Crippen molar-refractivity contribution < 1.29 is 0 Å². The first-order valence-electron chi connectivity index (χ1n) is 2.31. The summed E-state index contributed by atoms with van der Waals surface area (Å²) in [6, 6.07) is 0. The summed E-state index contributed by atoms with van der Waals surface area (Å²) in [4.78, 5) is 0. The van der Waals surface area contributed by atoms with Gasteiger partial charge < -0.3 is 0 Å². The van der Waals surface area contributed by atoms with Crippen molar-refractivity contribution in [3.63, 3.8) is 0 Å². The maximum atomic E-state index is 5.36. The minimum Gasteiger partial charge on any atom is -0.294 e. The molecule has 0 aromatic rings. The molecular formula is C2H8N6S. The Balaban J connectivity index is 2.51. The van der Waals surface area contributed by atoms with Crippen LogP contribution in [0.3, 0.4) is 0 Å². The van der Waals surface area contributed by atoms with E-state index >= 15 is 0 Å². The molecule has 7 heteroatoms. The smallest absolute Gasteiger partial charge is 0.200 e. The highest BCUT2D eigenvalue weighted by Crippen LogP contribution is 1.89. The molecule has 1 heterocycles. The maximum absolute atomic E-state index is 5.36. The summed E-state index contributed by atoms with van der Waals surface area (Å²) in [7, 11) is 0. The summed E-state index contributed by atoms with van der Waals surface area (Å²) in [6.45, 7) is 0. The number of hydrogen-bond acceptors (Lipinski definition) is 5. The SMILES string of the molecule is NN[C@H]1NNC(=S)N1N. The lowest BCUT2D eigenvalue weighted by Gasteiger charge is -2.15. The van der Waals surface area contributed by atoms with Gasteiger partial charge >= 0.3 is 0 Å². The Morgan fingerprint density at radius 1 is 1.78 bits per heavy atom. The molecule has 1 fully saturated rings. The molecule has 1 rings (SSSR count). The van der Waals surface area contributed by atoms with E-state index in [1.165, 1.54) is 5.01 Å². The fourth-order valence-corrected chi connectivity index (χ4v) is 0.668. The Morgan fingerprint density at radius 2 is 2.44 bits per heavy atom. The van der Waals surface area contributed by atoms with Gasteiger partial charge in [0.2, 0.25) is 5.11 Å². The molecule has 0 unspecified atom stereocenters. The Hall–Kier alpha value is -0.470. The summed E-state index contributed by atoms with van der Waals surface area (Å²) in [5.74, 6) is 10.4. The van der Waals surface area contributed by atoms with E-state index in [9.17, 15) is 0 Å². The topological polar surface area (TPSA) is 91.4 Å². The minimum atomic E-state index is -0.322. The van der Waals surface area contributed by atoms with Gasteiger partial charge in [-0.3, -0.25) is 16.3 Å². The molecule has 0 spiro atoms. The van der Waals surface area contributed by atoms with Gasteiger partial charge in [0, 0.05) is 0 Å². The van der Waals surface area contributed by atoms with E-state index in [1.807, 2.05) is 0 Å². The van der Waals surface area contributed by atoms with Gasteiger partial charge in [0.1, 0.15) is 0 Å². The number of nitrogens with one attached hydrogen (secondary N) is 3. The first-order valence-corrected chi connectivity index (χ1v) is 2.72. The average molecular weight is 148 g/mol. The minimum absolute atomic E-state index is 0.322. The number of nitrogens with zero attached hydrogens (tertiary/aromatic N) is 1. The van der Waals surface area contributed by atoms with Crippen molar-refractivity contribution in [3.05, 3.63) is 0 Å². The van der Waals surface area contributed by atoms with Crippen LogP contribution >= 0.6 is 12.2 Å². The predicted octanol–water partition coefficient (Wildman–Crippen LogP) is -2.70. The molecule has 1 atom stereocenters. The van der Waals surface area contributed by atoms with Gasteiger partial charge in [0.05, 0.1) is 0 Å². The molecule has 6 nitrogen and oxygen atoms in total. The molecule has 0 aromatic carbocycles. The summed E-state index contributed by atoms with van der Waals surface area (Å²) in [5.41, 5.74) is 7.67. The third kappa shape index (κ3) is 1.09. The van der Waals surface area contributed by atoms with Crippen LogP contribution in [0.15, 0.2) is 0 Å². The standard InChI is InChI=1S/C2H8N6S/c3-5-1-6-7-2(9)8(1)4/h1,5-6H,3-4H2,(H,7,9)/t1-/m0/s1. The van der Waals surface area contributed by atoms with Crippen molar-refractivity contribution in [2.45, 2.75) is 6.29 Å². The Labute approximate surface area is 57.5 Å². The zero-order valence-electron chi connectivity index (χ0n) is 4.59. The molecule has 1 saturated heterocycles. The Bertz CT molecular complexity index is 124. The van der Waals surface area contributed by atoms with Crippen molar-refractivity contribution in [2.75, 3.05) is 0 Å². The lowest BCUT2D eigenvalue weighted by molar-refractivity contribution is 0.266. The van der Waals surface area contributed by atoms with Crippen molar-refractivity contribution in [3.8, 4) is 0 Å². The molecular weight excluding hydrogens is 140 g/mol. The van der Waals surface area contributed by atoms with Gasteiger partial charge in [-0.2, -0.15) is 5.43 Å². The second kappa shape index (κ2) is 2.42. The van der Waals surface area contributed by atoms with Crippen molar-refractivity contribution in [1.82, 2.24) is 21.3 Å². The second-order valence-electron chi connectivity index (χ2n) is 1.55. The van der Waals surface area contributed by atoms with Crippen LogP contribution in [0.4, 0.5) is 0 Å². The number of thiocarbonyl (C=S) groups is 1. The fourth-order valence-electron chi connectivity index (χ4n) is 0.503. The van der Waals surface area contributed by atoms with E-state index in [1.54, 1.807) is 0 Å². The molecule has 1 aliphatic rings. The number of hydrazine groups is 3. The van der Waals surface area contributed by atoms with E-state index in [0.717, 1.165) is 0 Å². The number of hydrogen-bond donors (Lipinski definition) is 5. The van der Waals surface area contributed by atoms with E-state index in [0.29, 0.717) is 5.11 Å². The van der Waals surface area contributed by atoms with E-state index in [4.69, 9.17) is 23.9 Å². The number of nitrogens with two attached hydrogens (primary N) is 2. The lowest BCUT2D eigenvalue weighted by Crippen LogP contribution is -2.54. The molecule has 0 radical (unpaired) electrons. The first kappa shape index (κ1) is 6.65. The van der Waals surface area contributed by atoms with E-state index in [2.05, 4.69) is 16.3 Å². The molecule has 0 amide bonds. The Kier molecular flexibility index (Phi) is 1.78. The zero-order valence-corrected chi connectivity index (χ0v) is 5.40. The molecule has 7 N–H and O–H groups in total. The molecule has 0 aliphatic carbocycles. The highest BCUT2D eigenvalue weighted by molar-refractivity contribution is 7.80. The van der Waals surface area contributed by atoms with Crippen LogP contribution < -0.4 is 28.0 Å². The number of rotatable bonds is 1. The molecule has 9 heavy (non-hydrogen) atoms. The van der Waals surface area contributed by atoms with E-state index < -0.39 is 0 Å². The third-order valence-corrected chi connectivity index (χ3v) is 1.30. The highest BCUT2D eigenvalue weighted by Gasteiger charge is 2.22. The Morgan fingerprint density at radius 3 is 2.67 bits per heavy atom. The zero-order chi connectivity index (χ0) is 6.85. The quantitative estimate of drug-likeness (QED) is 0.157. The van der Waals surface area contributed by atoms with Crippen LogP contribution in [0, 0.1) is 0 Å². The van der Waals surface area contributed by atoms with Gasteiger partial charge in [-0.15, -0.1) is 0 Å². The van der Waals surface area contributed by atoms with Gasteiger partial charge in [0.25, 0.3) is 0 Å². The van der Waals surface area contributed by atoms with Crippen LogP contribution in [0.25, 0.3) is 0 Å². The van der Waals surface area contributed by atoms with Crippen molar-refractivity contribution in [1.29, 1.82) is 0 Å². The third-order valence-electron chi connectivity index (χ3n) is 0.986. The molecule has 0 saturated carbocycles. The van der Waals surface area contributed by atoms with Crippen LogP contribution in [-0.2, 0) is 0 Å². The van der Waals surface area contributed by atoms with Crippen LogP contribution in [-0.4, -0.2) is 16.4 Å². The fraction of sp³-hybridized carbons (Fsp3) is 0.500. The maximum Gasteiger partial charge on any atom is 0.200 e. The summed E-state index contributed by atoms with van der Waals surface area (Å²) < 4.78 is 0. The summed E-state index contributed by atoms with van der Waals surface area (Å²) in [6.07, 6.45) is -0.322. The van der Waals surface area contributed by atoms with Crippen LogP contribution in [0.1, 0.15) is 0 Å². The van der Waals surface area contributed by atoms with Crippen molar-refractivity contribution in [2.24, 2.45) is 11.7 Å².